The maximum Gasteiger partial charge on any atom is 0.0693 e. The molecule has 0 aliphatic heterocycles. The monoisotopic (exact) mass is 181 g/mol. The molecular weight excluding hydrogens is 162 g/mol. The molecule has 0 spiro atoms. The third-order valence-corrected chi connectivity index (χ3v) is 2.67. The summed E-state index contributed by atoms with van der Waals surface area (Å²) in [5, 5.41) is 12.9. The van der Waals surface area contributed by atoms with Gasteiger partial charge in [0.25, 0.3) is 0 Å². The highest BCUT2D eigenvalue weighted by atomic mass is 16.3. The van der Waals surface area contributed by atoms with E-state index in [0.717, 1.165) is 32.1 Å². The molecule has 0 aromatic carbocycles. The highest BCUT2D eigenvalue weighted by molar-refractivity contribution is 5.01. The lowest BCUT2D eigenvalue weighted by Crippen LogP contribution is -2.41. The van der Waals surface area contributed by atoms with E-state index in [1.165, 1.54) is 0 Å². The van der Waals surface area contributed by atoms with Crippen LogP contribution in [0.25, 0.3) is 0 Å². The third-order valence-electron chi connectivity index (χ3n) is 2.67. The van der Waals surface area contributed by atoms with E-state index >= 15 is 0 Å². The minimum absolute atomic E-state index is 0.141. The Morgan fingerprint density at radius 1 is 1.62 bits per heavy atom. The first-order chi connectivity index (χ1) is 6.27. The molecule has 0 heterocycles. The van der Waals surface area contributed by atoms with Gasteiger partial charge < -0.3 is 5.11 Å². The summed E-state index contributed by atoms with van der Waals surface area (Å²) in [6, 6.07) is 0.371. The first-order valence-electron chi connectivity index (χ1n) is 5.18. The van der Waals surface area contributed by atoms with Crippen molar-refractivity contribution in [2.24, 2.45) is 0 Å². The van der Waals surface area contributed by atoms with Crippen LogP contribution in [0.1, 0.15) is 39.0 Å². The molecule has 1 aliphatic rings. The van der Waals surface area contributed by atoms with E-state index in [1.807, 2.05) is 0 Å². The van der Waals surface area contributed by atoms with Crippen LogP contribution in [0, 0.1) is 12.3 Å². The number of aliphatic hydroxyl groups excluding tert-OH is 1. The molecule has 1 fully saturated rings. The molecule has 1 unspecified atom stereocenters. The Balaban J connectivity index is 2.33. The van der Waals surface area contributed by atoms with E-state index in [1.54, 1.807) is 0 Å². The lowest BCUT2D eigenvalue weighted by molar-refractivity contribution is 0.145. The predicted octanol–water partition coefficient (Wildman–Crippen LogP) is 1.29. The second-order valence-corrected chi connectivity index (χ2v) is 3.78. The summed E-state index contributed by atoms with van der Waals surface area (Å²) < 4.78 is 0. The average Bonchev–Trinajstić information content (AvgIpc) is 2.51. The summed E-state index contributed by atoms with van der Waals surface area (Å²) >= 11 is 0. The molecule has 0 aromatic rings. The largest absolute Gasteiger partial charge is 0.392 e. The lowest BCUT2D eigenvalue weighted by atomic mass is 10.1. The molecule has 1 saturated carbocycles. The molecule has 0 radical (unpaired) electrons. The summed E-state index contributed by atoms with van der Waals surface area (Å²) in [7, 11) is 0. The second kappa shape index (κ2) is 5.26. The second-order valence-electron chi connectivity index (χ2n) is 3.78. The van der Waals surface area contributed by atoms with E-state index < -0.39 is 0 Å². The molecule has 1 rings (SSSR count). The van der Waals surface area contributed by atoms with Crippen LogP contribution in [0.5, 0.6) is 0 Å². The van der Waals surface area contributed by atoms with Gasteiger partial charge in [-0.15, -0.1) is 6.42 Å². The average molecular weight is 181 g/mol. The van der Waals surface area contributed by atoms with Crippen molar-refractivity contribution in [3.05, 3.63) is 0 Å². The Bertz CT molecular complexity index is 185. The Hall–Kier alpha value is -0.520. The highest BCUT2D eigenvalue weighted by Crippen LogP contribution is 2.19. The summed E-state index contributed by atoms with van der Waals surface area (Å²) in [5.41, 5.74) is 0. The summed E-state index contributed by atoms with van der Waals surface area (Å²) in [4.78, 5) is 0. The van der Waals surface area contributed by atoms with Gasteiger partial charge in [-0.2, -0.15) is 0 Å². The van der Waals surface area contributed by atoms with Crippen LogP contribution in [-0.2, 0) is 0 Å². The van der Waals surface area contributed by atoms with Gasteiger partial charge in [-0.1, -0.05) is 19.3 Å². The normalized spacial score (nSPS) is 29.9. The first kappa shape index (κ1) is 10.6. The van der Waals surface area contributed by atoms with Crippen LogP contribution in [0.15, 0.2) is 0 Å². The maximum atomic E-state index is 9.57. The van der Waals surface area contributed by atoms with E-state index in [0.29, 0.717) is 0 Å². The van der Waals surface area contributed by atoms with Crippen molar-refractivity contribution in [1.82, 2.24) is 5.32 Å². The fourth-order valence-electron chi connectivity index (χ4n) is 1.90. The van der Waals surface area contributed by atoms with Crippen molar-refractivity contribution in [1.29, 1.82) is 0 Å². The predicted molar refractivity (Wildman–Crippen MR) is 54.3 cm³/mol. The Kier molecular flexibility index (Phi) is 4.27. The van der Waals surface area contributed by atoms with Gasteiger partial charge in [0.15, 0.2) is 0 Å². The standard InChI is InChI=1S/C11H19NO/c1-3-6-9(4-2)12-10-7-5-8-11(10)13/h2,9-13H,3,5-8H2,1H3/t9?,10-,11-/m0/s1. The molecule has 2 heteroatoms. The van der Waals surface area contributed by atoms with Gasteiger partial charge in [0, 0.05) is 6.04 Å². The van der Waals surface area contributed by atoms with E-state index in [9.17, 15) is 5.11 Å². The van der Waals surface area contributed by atoms with Crippen LogP contribution in [-0.4, -0.2) is 23.3 Å². The topological polar surface area (TPSA) is 32.3 Å². The molecule has 0 amide bonds. The van der Waals surface area contributed by atoms with Gasteiger partial charge in [-0.25, -0.2) is 0 Å². The van der Waals surface area contributed by atoms with Gasteiger partial charge in [0.1, 0.15) is 0 Å². The highest BCUT2D eigenvalue weighted by Gasteiger charge is 2.26. The van der Waals surface area contributed by atoms with Crippen molar-refractivity contribution >= 4 is 0 Å². The van der Waals surface area contributed by atoms with Crippen molar-refractivity contribution in [2.75, 3.05) is 0 Å². The smallest absolute Gasteiger partial charge is 0.0693 e. The number of nitrogens with one attached hydrogen (secondary N) is 1. The van der Waals surface area contributed by atoms with Crippen molar-refractivity contribution in [3.63, 3.8) is 0 Å². The zero-order valence-corrected chi connectivity index (χ0v) is 8.29. The zero-order valence-electron chi connectivity index (χ0n) is 8.29. The maximum absolute atomic E-state index is 9.57. The van der Waals surface area contributed by atoms with E-state index in [-0.39, 0.29) is 18.2 Å². The SMILES string of the molecule is C#CC(CCC)N[C@H]1CCC[C@@H]1O. The van der Waals surface area contributed by atoms with Gasteiger partial charge in [0.05, 0.1) is 12.1 Å². The molecule has 0 aromatic heterocycles. The number of terminal acetylenes is 1. The fourth-order valence-corrected chi connectivity index (χ4v) is 1.90. The van der Waals surface area contributed by atoms with Crippen LogP contribution in [0.2, 0.25) is 0 Å². The zero-order chi connectivity index (χ0) is 9.68. The van der Waals surface area contributed by atoms with E-state index in [2.05, 4.69) is 18.2 Å². The summed E-state index contributed by atoms with van der Waals surface area (Å²) in [5.74, 6) is 2.73. The van der Waals surface area contributed by atoms with Gasteiger partial charge in [0.2, 0.25) is 0 Å². The molecule has 2 N–H and O–H groups in total. The quantitative estimate of drug-likeness (QED) is 0.641. The molecule has 0 saturated heterocycles. The minimum Gasteiger partial charge on any atom is -0.392 e. The van der Waals surface area contributed by atoms with Crippen LogP contribution >= 0.6 is 0 Å². The van der Waals surface area contributed by atoms with Crippen LogP contribution in [0.4, 0.5) is 0 Å². The molecule has 3 atom stereocenters. The Morgan fingerprint density at radius 3 is 2.85 bits per heavy atom. The first-order valence-corrected chi connectivity index (χ1v) is 5.18. The summed E-state index contributed by atoms with van der Waals surface area (Å²) in [6.07, 6.45) is 10.4. The number of rotatable bonds is 4. The van der Waals surface area contributed by atoms with Crippen molar-refractivity contribution < 1.29 is 5.11 Å². The molecule has 2 nitrogen and oxygen atoms in total. The summed E-state index contributed by atoms with van der Waals surface area (Å²) in [6.45, 7) is 2.12. The van der Waals surface area contributed by atoms with E-state index in [4.69, 9.17) is 6.42 Å². The van der Waals surface area contributed by atoms with Crippen molar-refractivity contribution in [3.8, 4) is 12.3 Å². The Labute approximate surface area is 80.7 Å². The van der Waals surface area contributed by atoms with Crippen LogP contribution in [0.3, 0.4) is 0 Å². The minimum atomic E-state index is -0.187. The Morgan fingerprint density at radius 2 is 2.38 bits per heavy atom. The van der Waals surface area contributed by atoms with Crippen LogP contribution < -0.4 is 5.32 Å². The lowest BCUT2D eigenvalue weighted by Gasteiger charge is -2.20. The molecule has 1 aliphatic carbocycles. The molecule has 13 heavy (non-hydrogen) atoms. The van der Waals surface area contributed by atoms with Gasteiger partial charge >= 0.3 is 0 Å². The number of aliphatic hydroxyl groups is 1. The van der Waals surface area contributed by atoms with Crippen molar-refractivity contribution in [2.45, 2.75) is 57.2 Å². The van der Waals surface area contributed by atoms with Gasteiger partial charge in [-0.05, 0) is 25.7 Å². The fraction of sp³-hybridized carbons (Fsp3) is 0.818. The third kappa shape index (κ3) is 3.02. The number of hydrogen-bond donors (Lipinski definition) is 2. The van der Waals surface area contributed by atoms with Gasteiger partial charge in [-0.3, -0.25) is 5.32 Å². The molecule has 0 bridgehead atoms. The molecule has 74 valence electrons. The number of hydrogen-bond acceptors (Lipinski definition) is 2. The molecular formula is C11H19NO.